The normalized spacial score (nSPS) is 12.1. The van der Waals surface area contributed by atoms with E-state index < -0.39 is 0 Å². The van der Waals surface area contributed by atoms with Crippen molar-refractivity contribution in [1.29, 1.82) is 0 Å². The summed E-state index contributed by atoms with van der Waals surface area (Å²) >= 11 is 0. The van der Waals surface area contributed by atoms with Gasteiger partial charge in [0.2, 0.25) is 0 Å². The first-order chi connectivity index (χ1) is 30.9. The van der Waals surface area contributed by atoms with Gasteiger partial charge in [-0.15, -0.1) is 11.0 Å². The van der Waals surface area contributed by atoms with Crippen molar-refractivity contribution in [1.82, 2.24) is 24.9 Å². The van der Waals surface area contributed by atoms with Crippen molar-refractivity contribution in [2.75, 3.05) is 107 Å². The van der Waals surface area contributed by atoms with Gasteiger partial charge in [-0.25, -0.2) is 9.97 Å². The fraction of sp³-hybridized carbons (Fsp3) is 0.520. The summed E-state index contributed by atoms with van der Waals surface area (Å²) in [4.78, 5) is 25.5. The summed E-state index contributed by atoms with van der Waals surface area (Å²) in [6, 6.07) is 7.78. The van der Waals surface area contributed by atoms with Crippen LogP contribution >= 0.6 is 0 Å². The molecule has 365 valence electrons. The van der Waals surface area contributed by atoms with E-state index in [4.69, 9.17) is 62.8 Å². The molecule has 0 unspecified atom stereocenters. The molecule has 16 heteroatoms. The van der Waals surface area contributed by atoms with Crippen molar-refractivity contribution in [3.05, 3.63) is 85.4 Å². The number of aliphatic hydroxyl groups is 2. The van der Waals surface area contributed by atoms with Crippen LogP contribution in [0.15, 0.2) is 36.7 Å². The molecule has 2 N–H and O–H groups in total. The van der Waals surface area contributed by atoms with Crippen LogP contribution in [0.5, 0.6) is 11.5 Å². The number of methoxy groups -OCH3 is 2. The second-order valence-corrected chi connectivity index (χ2v) is 14.9. The van der Waals surface area contributed by atoms with Gasteiger partial charge >= 0.3 is 39.9 Å². The van der Waals surface area contributed by atoms with Gasteiger partial charge in [0.05, 0.1) is 112 Å². The van der Waals surface area contributed by atoms with E-state index in [1.165, 1.54) is 11.1 Å². The number of benzene rings is 1. The molecule has 0 spiro atoms. The molecule has 0 amide bonds. The van der Waals surface area contributed by atoms with Crippen LogP contribution in [0.25, 0.3) is 44.4 Å². The minimum absolute atomic E-state index is 0. The molecule has 15 nitrogen and oxygen atoms in total. The summed E-state index contributed by atoms with van der Waals surface area (Å²) in [5.41, 5.74) is 12.2. The molecule has 1 radical (unpaired) electrons. The van der Waals surface area contributed by atoms with Gasteiger partial charge in [0.15, 0.2) is 11.5 Å². The summed E-state index contributed by atoms with van der Waals surface area (Å²) in [7, 11) is 3.27. The van der Waals surface area contributed by atoms with E-state index in [0.717, 1.165) is 57.6 Å². The summed E-state index contributed by atoms with van der Waals surface area (Å²) in [5.74, 6) is 0.921. The van der Waals surface area contributed by atoms with E-state index in [9.17, 15) is 10.2 Å². The van der Waals surface area contributed by atoms with Crippen molar-refractivity contribution in [2.45, 2.75) is 66.2 Å². The Morgan fingerprint density at radius 1 is 0.515 bits per heavy atom. The number of fused-ring (bicyclic) bond motifs is 7. The van der Waals surface area contributed by atoms with Gasteiger partial charge in [0.25, 0.3) is 0 Å². The molecule has 0 saturated heterocycles. The number of hydrogen-bond donors (Lipinski definition) is 2. The van der Waals surface area contributed by atoms with Crippen LogP contribution in [-0.2, 0) is 41.3 Å². The molecule has 0 saturated carbocycles. The maximum Gasteiger partial charge on any atom is 3.00 e. The zero-order valence-electron chi connectivity index (χ0n) is 40.4. The third-order valence-electron chi connectivity index (χ3n) is 10.7. The number of rotatable bonds is 28. The van der Waals surface area contributed by atoms with Gasteiger partial charge in [-0.3, -0.25) is 9.97 Å². The van der Waals surface area contributed by atoms with E-state index in [2.05, 4.69) is 26.0 Å². The minimum atomic E-state index is 0. The Morgan fingerprint density at radius 2 is 0.879 bits per heavy atom. The van der Waals surface area contributed by atoms with Crippen LogP contribution in [0, 0.1) is 54.8 Å². The maximum atomic E-state index is 9.85. The first kappa shape index (κ1) is 58.9. The van der Waals surface area contributed by atoms with Crippen LogP contribution in [0.2, 0.25) is 0 Å². The van der Waals surface area contributed by atoms with Gasteiger partial charge in [-0.05, 0) is 74.7 Å². The second-order valence-electron chi connectivity index (χ2n) is 14.9. The molecule has 0 fully saturated rings. The van der Waals surface area contributed by atoms with Gasteiger partial charge in [0.1, 0.15) is 13.2 Å². The topological polar surface area (TPSA) is 180 Å². The van der Waals surface area contributed by atoms with Crippen molar-refractivity contribution >= 4 is 44.4 Å². The molecule has 6 bridgehead atoms. The van der Waals surface area contributed by atoms with Crippen molar-refractivity contribution < 1.29 is 88.0 Å². The number of allylic oxidation sites excluding steroid dienone is 4. The Hall–Kier alpha value is -3.26. The Bertz CT molecular complexity index is 2050. The van der Waals surface area contributed by atoms with Crippen molar-refractivity contribution in [3.63, 3.8) is 0 Å². The quantitative estimate of drug-likeness (QED) is 0.0538. The predicted molar refractivity (Wildman–Crippen MR) is 257 cm³/mol. The van der Waals surface area contributed by atoms with Crippen LogP contribution in [-0.4, -0.2) is 137 Å². The van der Waals surface area contributed by atoms with Crippen molar-refractivity contribution in [3.8, 4) is 11.5 Å². The third-order valence-corrected chi connectivity index (χ3v) is 10.7. The molecule has 66 heavy (non-hydrogen) atoms. The molecule has 2 aromatic heterocycles. The molecule has 5 rings (SSSR count). The van der Waals surface area contributed by atoms with Crippen LogP contribution in [0.4, 0.5) is 0 Å². The van der Waals surface area contributed by atoms with E-state index in [1.54, 1.807) is 26.6 Å². The molecule has 2 aliphatic heterocycles. The van der Waals surface area contributed by atoms with E-state index in [1.807, 2.05) is 26.0 Å². The largest absolute Gasteiger partial charge is 3.00 e. The molecule has 2 aliphatic rings. The number of ether oxygens (including phenoxy) is 8. The van der Waals surface area contributed by atoms with Crippen molar-refractivity contribution in [2.24, 2.45) is 0 Å². The standard InChI is InChI=1S/C48H66N5O10.2CH3.Gd/c1-7-35-36(8-2)40-28-42-38(12-10-14-55)34(4)46(53-42)32-50-44-30-48(63-26-24-61-22-20-59-18-16-57-6)47(62-25-23-60-21-19-58-17-15-56-5)29-43(44)49-31-45-33(3)37(11-9-13-54)41(52-45)27-39(35)51-40;;;/h27-32,54-55H,7-26H2,1-6H3;2*1H3;/q3*-1;+3. The molecule has 3 aromatic rings. The van der Waals surface area contributed by atoms with E-state index in [0.29, 0.717) is 126 Å². The van der Waals surface area contributed by atoms with Gasteiger partial charge in [-0.2, -0.15) is 0 Å². The first-order valence-corrected chi connectivity index (χ1v) is 22.1. The summed E-state index contributed by atoms with van der Waals surface area (Å²) in [6.45, 7) is 13.4. The number of nitrogens with zero attached hydrogens (tertiary/aromatic N) is 5. The summed E-state index contributed by atoms with van der Waals surface area (Å²) < 4.78 is 45.3. The molecule has 0 atom stereocenters. The summed E-state index contributed by atoms with van der Waals surface area (Å²) in [6.07, 6.45) is 7.61. The summed E-state index contributed by atoms with van der Waals surface area (Å²) in [5, 5.41) is 19.7. The van der Waals surface area contributed by atoms with Crippen LogP contribution < -0.4 is 14.5 Å². The van der Waals surface area contributed by atoms with Gasteiger partial charge in [-0.1, -0.05) is 37.1 Å². The third kappa shape index (κ3) is 17.1. The Kier molecular flexibility index (Phi) is 29.0. The maximum absolute atomic E-state index is 9.85. The van der Waals surface area contributed by atoms with Gasteiger partial charge in [0, 0.05) is 39.6 Å². The Morgan fingerprint density at radius 3 is 1.23 bits per heavy atom. The predicted octanol–water partition coefficient (Wildman–Crippen LogP) is 7.52. The smallest absolute Gasteiger partial charge is 0.657 e. The zero-order chi connectivity index (χ0) is 44.8. The Balaban J connectivity index is 0.00000499. The van der Waals surface area contributed by atoms with E-state index in [-0.39, 0.29) is 81.2 Å². The number of aromatic nitrogens is 5. The van der Waals surface area contributed by atoms with Crippen LogP contribution in [0.3, 0.4) is 0 Å². The average Bonchev–Trinajstić information content (AvgIpc) is 3.89. The minimum Gasteiger partial charge on any atom is -0.657 e. The number of aliphatic hydroxyl groups excluding tert-OH is 2. The number of hydrogen-bond acceptors (Lipinski definition) is 14. The second kappa shape index (κ2) is 32.5. The number of aryl methyl sites for hydroxylation is 2. The first-order valence-electron chi connectivity index (χ1n) is 22.1. The zero-order valence-corrected chi connectivity index (χ0v) is 42.6. The van der Waals surface area contributed by atoms with Crippen LogP contribution in [0.1, 0.15) is 87.3 Å². The fourth-order valence-electron chi connectivity index (χ4n) is 7.33. The van der Waals surface area contributed by atoms with E-state index >= 15 is 0 Å². The Labute approximate surface area is 424 Å². The molecular weight excluding hydrogens is 988 g/mol. The molecule has 0 aliphatic carbocycles. The molecule has 4 heterocycles. The monoisotopic (exact) mass is 1060 g/mol. The molecule has 1 aromatic carbocycles. The molecular formula is C50H72GdN5O10. The SMILES string of the molecule is CCc1c(CC)c2cc3nc(cnc4cc(OCCOCCOCCOC)c(OCCOCCOCCOC)cc4ncc4nc(cc1[n-]2)C(CCCO)=C4C)C(C)=C3CCCO.[CH3-].[CH3-].[Gd+3]. The fourth-order valence-corrected chi connectivity index (χ4v) is 7.33. The van der Waals surface area contributed by atoms with Gasteiger partial charge < -0.3 is 67.9 Å². The average molecular weight is 1060 g/mol.